The standard InChI is InChI=1S/C10H12INO4/c11-7-3-5(1-2-12-7)10-9(15)8(14)6(4-13)16-10/h1-3,6,8-10,13-15H,4H2/t6-,8-,9-,10-/m1/s1. The van der Waals surface area contributed by atoms with Crippen molar-refractivity contribution in [2.75, 3.05) is 6.61 Å². The highest BCUT2D eigenvalue weighted by Crippen LogP contribution is 2.33. The first-order chi connectivity index (χ1) is 7.63. The largest absolute Gasteiger partial charge is 0.394 e. The predicted octanol–water partition coefficient (Wildman–Crippen LogP) is -0.160. The van der Waals surface area contributed by atoms with Gasteiger partial charge >= 0.3 is 0 Å². The van der Waals surface area contributed by atoms with Crippen LogP contribution in [0.4, 0.5) is 0 Å². The summed E-state index contributed by atoms with van der Waals surface area (Å²) in [4.78, 5) is 4.03. The van der Waals surface area contributed by atoms with Gasteiger partial charge in [0.1, 0.15) is 28.1 Å². The zero-order chi connectivity index (χ0) is 11.7. The lowest BCUT2D eigenvalue weighted by Gasteiger charge is -2.14. The number of nitrogens with zero attached hydrogens (tertiary/aromatic N) is 1. The number of hydrogen-bond donors (Lipinski definition) is 3. The van der Waals surface area contributed by atoms with Gasteiger partial charge < -0.3 is 20.1 Å². The third-order valence-corrected chi connectivity index (χ3v) is 3.21. The number of aliphatic hydroxyl groups is 3. The van der Waals surface area contributed by atoms with Gasteiger partial charge in [-0.05, 0) is 40.3 Å². The molecule has 6 heteroatoms. The number of halogens is 1. The molecule has 0 amide bonds. The number of aromatic nitrogens is 1. The molecule has 4 atom stereocenters. The molecule has 0 unspecified atom stereocenters. The van der Waals surface area contributed by atoms with Crippen LogP contribution in [-0.4, -0.2) is 45.2 Å². The first-order valence-corrected chi connectivity index (χ1v) is 5.95. The van der Waals surface area contributed by atoms with Gasteiger partial charge in [-0.3, -0.25) is 4.98 Å². The Bertz CT molecular complexity index is 376. The van der Waals surface area contributed by atoms with Crippen LogP contribution in [0.1, 0.15) is 11.7 Å². The quantitative estimate of drug-likeness (QED) is 0.516. The van der Waals surface area contributed by atoms with Crippen LogP contribution >= 0.6 is 22.6 Å². The molecule has 16 heavy (non-hydrogen) atoms. The zero-order valence-corrected chi connectivity index (χ0v) is 10.5. The van der Waals surface area contributed by atoms with Crippen LogP contribution in [0.2, 0.25) is 0 Å². The summed E-state index contributed by atoms with van der Waals surface area (Å²) < 4.78 is 6.18. The molecule has 0 bridgehead atoms. The molecule has 0 radical (unpaired) electrons. The molecule has 0 spiro atoms. The van der Waals surface area contributed by atoms with Gasteiger partial charge in [-0.2, -0.15) is 0 Å². The fourth-order valence-corrected chi connectivity index (χ4v) is 2.29. The first kappa shape index (κ1) is 12.2. The van der Waals surface area contributed by atoms with Gasteiger partial charge in [0.15, 0.2) is 0 Å². The van der Waals surface area contributed by atoms with E-state index in [1.165, 1.54) is 0 Å². The molecule has 88 valence electrons. The van der Waals surface area contributed by atoms with Crippen molar-refractivity contribution in [1.82, 2.24) is 4.98 Å². The third-order valence-electron chi connectivity index (χ3n) is 2.62. The molecule has 5 nitrogen and oxygen atoms in total. The number of hydrogen-bond acceptors (Lipinski definition) is 5. The minimum absolute atomic E-state index is 0.309. The molecule has 1 saturated heterocycles. The van der Waals surface area contributed by atoms with Gasteiger partial charge in [-0.1, -0.05) is 0 Å². The lowest BCUT2D eigenvalue weighted by atomic mass is 10.0. The van der Waals surface area contributed by atoms with E-state index in [2.05, 4.69) is 27.6 Å². The summed E-state index contributed by atoms with van der Waals surface area (Å²) in [6.45, 7) is -0.309. The van der Waals surface area contributed by atoms with Crippen molar-refractivity contribution in [3.8, 4) is 0 Å². The lowest BCUT2D eigenvalue weighted by molar-refractivity contribution is -0.0228. The Balaban J connectivity index is 2.23. The van der Waals surface area contributed by atoms with Crippen LogP contribution in [0.5, 0.6) is 0 Å². The van der Waals surface area contributed by atoms with E-state index in [-0.39, 0.29) is 6.61 Å². The SMILES string of the molecule is OC[C@H]1O[C@H](c2ccnc(I)c2)[C@H](O)[C@@H]1O. The van der Waals surface area contributed by atoms with Gasteiger partial charge in [0.05, 0.1) is 6.61 Å². The first-order valence-electron chi connectivity index (χ1n) is 4.87. The smallest absolute Gasteiger partial charge is 0.113 e. The van der Waals surface area contributed by atoms with E-state index >= 15 is 0 Å². The molecule has 1 aromatic heterocycles. The average Bonchev–Trinajstić information content (AvgIpc) is 2.56. The highest BCUT2D eigenvalue weighted by atomic mass is 127. The summed E-state index contributed by atoms with van der Waals surface area (Å²) in [5.41, 5.74) is 0.752. The molecular formula is C10H12INO4. The van der Waals surface area contributed by atoms with E-state index < -0.39 is 24.4 Å². The predicted molar refractivity (Wildman–Crippen MR) is 63.7 cm³/mol. The molecule has 2 rings (SSSR count). The molecule has 2 heterocycles. The van der Waals surface area contributed by atoms with Gasteiger partial charge in [0.2, 0.25) is 0 Å². The summed E-state index contributed by atoms with van der Waals surface area (Å²) in [5, 5.41) is 28.4. The summed E-state index contributed by atoms with van der Waals surface area (Å²) in [5.74, 6) is 0. The maximum atomic E-state index is 9.79. The number of pyridine rings is 1. The van der Waals surface area contributed by atoms with Crippen molar-refractivity contribution in [2.45, 2.75) is 24.4 Å². The highest BCUT2D eigenvalue weighted by Gasteiger charge is 2.42. The van der Waals surface area contributed by atoms with Gasteiger partial charge in [0, 0.05) is 6.20 Å². The van der Waals surface area contributed by atoms with Gasteiger partial charge in [-0.15, -0.1) is 0 Å². The molecule has 1 aromatic rings. The zero-order valence-electron chi connectivity index (χ0n) is 8.32. The second kappa shape index (κ2) is 4.92. The monoisotopic (exact) mass is 337 g/mol. The van der Waals surface area contributed by atoms with Crippen LogP contribution in [0.25, 0.3) is 0 Å². The number of aliphatic hydroxyl groups excluding tert-OH is 3. The minimum atomic E-state index is -1.05. The summed E-state index contributed by atoms with van der Waals surface area (Å²) >= 11 is 2.06. The second-order valence-corrected chi connectivity index (χ2v) is 4.78. The molecule has 0 saturated carbocycles. The minimum Gasteiger partial charge on any atom is -0.394 e. The van der Waals surface area contributed by atoms with Crippen LogP contribution in [0, 0.1) is 3.70 Å². The summed E-state index contributed by atoms with van der Waals surface area (Å²) in [6, 6.07) is 3.50. The lowest BCUT2D eigenvalue weighted by Crippen LogP contribution is -2.32. The summed E-state index contributed by atoms with van der Waals surface area (Å²) in [7, 11) is 0. The van der Waals surface area contributed by atoms with E-state index in [1.807, 2.05) is 0 Å². The van der Waals surface area contributed by atoms with E-state index in [0.717, 1.165) is 9.26 Å². The Morgan fingerprint density at radius 2 is 2.12 bits per heavy atom. The van der Waals surface area contributed by atoms with Crippen molar-refractivity contribution in [2.24, 2.45) is 0 Å². The van der Waals surface area contributed by atoms with Crippen molar-refractivity contribution in [3.05, 3.63) is 27.6 Å². The Morgan fingerprint density at radius 3 is 2.69 bits per heavy atom. The average molecular weight is 337 g/mol. The fourth-order valence-electron chi connectivity index (χ4n) is 1.77. The molecule has 1 fully saturated rings. The van der Waals surface area contributed by atoms with Crippen molar-refractivity contribution in [3.63, 3.8) is 0 Å². The number of rotatable bonds is 2. The highest BCUT2D eigenvalue weighted by molar-refractivity contribution is 14.1. The molecule has 1 aliphatic heterocycles. The third kappa shape index (κ3) is 2.21. The normalized spacial score (nSPS) is 34.2. The Kier molecular flexibility index (Phi) is 3.75. The van der Waals surface area contributed by atoms with Crippen molar-refractivity contribution < 1.29 is 20.1 Å². The maximum absolute atomic E-state index is 9.79. The van der Waals surface area contributed by atoms with Crippen LogP contribution in [0.15, 0.2) is 18.3 Å². The van der Waals surface area contributed by atoms with Gasteiger partial charge in [0.25, 0.3) is 0 Å². The van der Waals surface area contributed by atoms with E-state index in [4.69, 9.17) is 9.84 Å². The number of ether oxygens (including phenoxy) is 1. The molecule has 1 aliphatic rings. The molecule has 0 aliphatic carbocycles. The molecular weight excluding hydrogens is 325 g/mol. The van der Waals surface area contributed by atoms with E-state index in [0.29, 0.717) is 0 Å². The Labute approximate surface area is 106 Å². The maximum Gasteiger partial charge on any atom is 0.113 e. The van der Waals surface area contributed by atoms with Crippen molar-refractivity contribution in [1.29, 1.82) is 0 Å². The Morgan fingerprint density at radius 1 is 1.38 bits per heavy atom. The summed E-state index contributed by atoms with van der Waals surface area (Å²) in [6.07, 6.45) is -1.79. The topological polar surface area (TPSA) is 82.8 Å². The van der Waals surface area contributed by atoms with E-state index in [9.17, 15) is 10.2 Å². The van der Waals surface area contributed by atoms with Crippen LogP contribution < -0.4 is 0 Å². The molecule has 0 aromatic carbocycles. The van der Waals surface area contributed by atoms with E-state index in [1.54, 1.807) is 18.3 Å². The molecule has 3 N–H and O–H groups in total. The van der Waals surface area contributed by atoms with Crippen molar-refractivity contribution >= 4 is 22.6 Å². The van der Waals surface area contributed by atoms with Gasteiger partial charge in [-0.25, -0.2) is 0 Å². The van der Waals surface area contributed by atoms with Crippen LogP contribution in [-0.2, 0) is 4.74 Å². The Hall–Kier alpha value is -0.280. The second-order valence-electron chi connectivity index (χ2n) is 3.67. The van der Waals surface area contributed by atoms with Crippen LogP contribution in [0.3, 0.4) is 0 Å². The fraction of sp³-hybridized carbons (Fsp3) is 0.500.